The Balaban J connectivity index is 1.88. The second-order valence-corrected chi connectivity index (χ2v) is 6.50. The molecule has 1 aliphatic rings. The minimum atomic E-state index is -0.672. The molecule has 1 fully saturated rings. The van der Waals surface area contributed by atoms with Crippen LogP contribution in [-0.2, 0) is 0 Å². The fourth-order valence-corrected chi connectivity index (χ4v) is 2.82. The average Bonchev–Trinajstić information content (AvgIpc) is 2.51. The van der Waals surface area contributed by atoms with Crippen LogP contribution in [0.5, 0.6) is 0 Å². The summed E-state index contributed by atoms with van der Waals surface area (Å²) in [4.78, 5) is 18.0. The Morgan fingerprint density at radius 3 is 2.70 bits per heavy atom. The summed E-state index contributed by atoms with van der Waals surface area (Å²) in [6, 6.07) is 3.88. The number of nitrogens with zero attached hydrogens (tertiary/aromatic N) is 3. The topological polar surface area (TPSA) is 47.0 Å². The van der Waals surface area contributed by atoms with Gasteiger partial charge in [0.25, 0.3) is 5.91 Å². The average molecular weight is 344 g/mol. The van der Waals surface area contributed by atoms with Crippen LogP contribution in [-0.4, -0.2) is 85.2 Å². The van der Waals surface area contributed by atoms with Gasteiger partial charge in [-0.15, -0.1) is 0 Å². The molecule has 7 heteroatoms. The van der Waals surface area contributed by atoms with E-state index in [1.165, 1.54) is 23.1 Å². The van der Waals surface area contributed by atoms with Gasteiger partial charge in [-0.2, -0.15) is 0 Å². The number of rotatable bonds is 5. The molecule has 0 aromatic heterocycles. The number of likely N-dealkylation sites (N-methyl/N-ethyl adjacent to an activating group) is 2. The minimum absolute atomic E-state index is 0.0770. The van der Waals surface area contributed by atoms with Crippen molar-refractivity contribution >= 4 is 17.5 Å². The first-order valence-electron chi connectivity index (χ1n) is 7.66. The van der Waals surface area contributed by atoms with E-state index in [1.807, 2.05) is 0 Å². The van der Waals surface area contributed by atoms with Crippen molar-refractivity contribution < 1.29 is 14.3 Å². The summed E-state index contributed by atoms with van der Waals surface area (Å²) in [7, 11) is 3.62. The Labute approximate surface area is 141 Å². The van der Waals surface area contributed by atoms with Crippen LogP contribution in [0, 0.1) is 5.82 Å². The van der Waals surface area contributed by atoms with Gasteiger partial charge in [0.2, 0.25) is 0 Å². The summed E-state index contributed by atoms with van der Waals surface area (Å²) in [6.07, 6.45) is -0.672. The largest absolute Gasteiger partial charge is 0.390 e. The first kappa shape index (κ1) is 18.1. The molecule has 128 valence electrons. The number of β-amino-alcohol motifs (C(OH)–C–C–N with tert-alkyl or cyclic N) is 1. The number of hydrogen-bond donors (Lipinski definition) is 1. The number of aliphatic hydroxyl groups excluding tert-OH is 1. The predicted octanol–water partition coefficient (Wildman–Crippen LogP) is 1.16. The van der Waals surface area contributed by atoms with E-state index in [4.69, 9.17) is 11.6 Å². The molecule has 2 rings (SSSR count). The van der Waals surface area contributed by atoms with Crippen LogP contribution in [0.3, 0.4) is 0 Å². The molecule has 0 radical (unpaired) electrons. The van der Waals surface area contributed by atoms with Gasteiger partial charge in [0.05, 0.1) is 11.7 Å². The smallest absolute Gasteiger partial charge is 0.256 e. The van der Waals surface area contributed by atoms with E-state index in [2.05, 4.69) is 16.8 Å². The van der Waals surface area contributed by atoms with Crippen LogP contribution in [0.1, 0.15) is 10.4 Å². The van der Waals surface area contributed by atoms with Crippen molar-refractivity contribution in [1.82, 2.24) is 14.7 Å². The monoisotopic (exact) mass is 343 g/mol. The lowest BCUT2D eigenvalue weighted by Gasteiger charge is -2.34. The molecule has 23 heavy (non-hydrogen) atoms. The molecule has 1 saturated heterocycles. The first-order valence-corrected chi connectivity index (χ1v) is 8.04. The molecule has 1 N–H and O–H groups in total. The van der Waals surface area contributed by atoms with Crippen LogP contribution in [0.4, 0.5) is 4.39 Å². The third kappa shape index (κ3) is 5.14. The quantitative estimate of drug-likeness (QED) is 0.871. The number of hydrogen-bond acceptors (Lipinski definition) is 4. The molecule has 1 atom stereocenters. The standard InChI is InChI=1S/C16H23ClFN3O2/c1-19-5-7-21(8-6-19)11-13(22)10-20(2)16(23)14-9-12(17)3-4-15(14)18/h3-4,9,13,22H,5-8,10-11H2,1-2H3. The zero-order chi connectivity index (χ0) is 17.0. The zero-order valence-electron chi connectivity index (χ0n) is 13.5. The molecule has 0 bridgehead atoms. The molecule has 1 unspecified atom stereocenters. The van der Waals surface area contributed by atoms with Crippen LogP contribution in [0.25, 0.3) is 0 Å². The maximum absolute atomic E-state index is 13.7. The summed E-state index contributed by atoms with van der Waals surface area (Å²) < 4.78 is 13.7. The third-order valence-electron chi connectivity index (χ3n) is 4.05. The maximum atomic E-state index is 13.7. The second kappa shape index (κ2) is 8.06. The van der Waals surface area contributed by atoms with Crippen molar-refractivity contribution in [2.75, 3.05) is 53.4 Å². The Morgan fingerprint density at radius 1 is 1.39 bits per heavy atom. The van der Waals surface area contributed by atoms with E-state index in [1.54, 1.807) is 7.05 Å². The van der Waals surface area contributed by atoms with E-state index in [0.717, 1.165) is 26.2 Å². The first-order chi connectivity index (χ1) is 10.9. The Bertz CT molecular complexity index is 550. The fourth-order valence-electron chi connectivity index (χ4n) is 2.65. The van der Waals surface area contributed by atoms with Crippen molar-refractivity contribution in [2.45, 2.75) is 6.10 Å². The van der Waals surface area contributed by atoms with Crippen molar-refractivity contribution in [2.24, 2.45) is 0 Å². The summed E-state index contributed by atoms with van der Waals surface area (Å²) in [6.45, 7) is 4.38. The Kier molecular flexibility index (Phi) is 6.35. The lowest BCUT2D eigenvalue weighted by atomic mass is 10.1. The van der Waals surface area contributed by atoms with E-state index < -0.39 is 17.8 Å². The number of piperazine rings is 1. The van der Waals surface area contributed by atoms with Gasteiger partial charge < -0.3 is 14.9 Å². The van der Waals surface area contributed by atoms with E-state index >= 15 is 0 Å². The highest BCUT2D eigenvalue weighted by molar-refractivity contribution is 6.30. The molecule has 0 spiro atoms. The van der Waals surface area contributed by atoms with Gasteiger partial charge >= 0.3 is 0 Å². The molecule has 1 heterocycles. The van der Waals surface area contributed by atoms with Gasteiger partial charge in [0.15, 0.2) is 0 Å². The van der Waals surface area contributed by atoms with Gasteiger partial charge in [0, 0.05) is 51.3 Å². The highest BCUT2D eigenvalue weighted by atomic mass is 35.5. The van der Waals surface area contributed by atoms with Crippen LogP contribution >= 0.6 is 11.6 Å². The molecule has 1 aromatic rings. The summed E-state index contributed by atoms with van der Waals surface area (Å²) in [5.41, 5.74) is -0.0770. The number of aliphatic hydroxyl groups is 1. The third-order valence-corrected chi connectivity index (χ3v) is 4.29. The van der Waals surface area contributed by atoms with E-state index in [0.29, 0.717) is 11.6 Å². The van der Waals surface area contributed by atoms with E-state index in [9.17, 15) is 14.3 Å². The van der Waals surface area contributed by atoms with Gasteiger partial charge in [-0.1, -0.05) is 11.6 Å². The fraction of sp³-hybridized carbons (Fsp3) is 0.562. The van der Waals surface area contributed by atoms with Crippen LogP contribution in [0.2, 0.25) is 5.02 Å². The van der Waals surface area contributed by atoms with Crippen molar-refractivity contribution in [3.05, 3.63) is 34.6 Å². The Hall–Kier alpha value is -1.21. The number of benzene rings is 1. The predicted molar refractivity (Wildman–Crippen MR) is 88.3 cm³/mol. The molecular formula is C16H23ClFN3O2. The van der Waals surface area contributed by atoms with Crippen LogP contribution in [0.15, 0.2) is 18.2 Å². The highest BCUT2D eigenvalue weighted by Gasteiger charge is 2.22. The van der Waals surface area contributed by atoms with Crippen LogP contribution < -0.4 is 0 Å². The van der Waals surface area contributed by atoms with Gasteiger partial charge in [-0.25, -0.2) is 4.39 Å². The molecule has 1 amide bonds. The zero-order valence-corrected chi connectivity index (χ0v) is 14.3. The molecule has 1 aromatic carbocycles. The number of halogens is 2. The SMILES string of the molecule is CN1CCN(CC(O)CN(C)C(=O)c2cc(Cl)ccc2F)CC1. The molecule has 0 aliphatic carbocycles. The molecular weight excluding hydrogens is 321 g/mol. The minimum Gasteiger partial charge on any atom is -0.390 e. The maximum Gasteiger partial charge on any atom is 0.256 e. The molecule has 1 aliphatic heterocycles. The van der Waals surface area contributed by atoms with Crippen molar-refractivity contribution in [1.29, 1.82) is 0 Å². The van der Waals surface area contributed by atoms with E-state index in [-0.39, 0.29) is 12.1 Å². The number of carbonyl (C=O) groups is 1. The number of carbonyl (C=O) groups excluding carboxylic acids is 1. The number of amides is 1. The lowest BCUT2D eigenvalue weighted by molar-refractivity contribution is 0.0499. The highest BCUT2D eigenvalue weighted by Crippen LogP contribution is 2.16. The van der Waals surface area contributed by atoms with Crippen molar-refractivity contribution in [3.63, 3.8) is 0 Å². The van der Waals surface area contributed by atoms with Gasteiger partial charge in [-0.3, -0.25) is 9.69 Å². The summed E-state index contributed by atoms with van der Waals surface area (Å²) in [5, 5.41) is 10.5. The summed E-state index contributed by atoms with van der Waals surface area (Å²) in [5.74, 6) is -1.10. The normalized spacial score (nSPS) is 18.0. The lowest BCUT2D eigenvalue weighted by Crippen LogP contribution is -2.49. The Morgan fingerprint density at radius 2 is 2.04 bits per heavy atom. The second-order valence-electron chi connectivity index (χ2n) is 6.07. The summed E-state index contributed by atoms with van der Waals surface area (Å²) >= 11 is 5.81. The molecule has 5 nitrogen and oxygen atoms in total. The van der Waals surface area contributed by atoms with Gasteiger partial charge in [0.1, 0.15) is 5.82 Å². The van der Waals surface area contributed by atoms with Crippen molar-refractivity contribution in [3.8, 4) is 0 Å². The van der Waals surface area contributed by atoms with Gasteiger partial charge in [-0.05, 0) is 25.2 Å². The molecule has 0 saturated carbocycles.